The summed E-state index contributed by atoms with van der Waals surface area (Å²) in [6, 6.07) is 9.50. The predicted molar refractivity (Wildman–Crippen MR) is 114 cm³/mol. The van der Waals surface area contributed by atoms with Crippen LogP contribution in [0.2, 0.25) is 4.34 Å². The van der Waals surface area contributed by atoms with Gasteiger partial charge in [-0.05, 0) is 35.7 Å². The largest absolute Gasteiger partial charge is 0.481 e. The summed E-state index contributed by atoms with van der Waals surface area (Å²) in [5.74, 6) is 1.46. The summed E-state index contributed by atoms with van der Waals surface area (Å²) in [6.07, 6.45) is 0.823. The normalized spacial score (nSPS) is 17.4. The standard InChI is InChI=1S/C20H16ClN3O3S2/c21-17-4-3-16(28-17)19-22-14-10-29(27)9-13(14)20(23-19)24-6-5-12-7-11(8-18(25)26)1-2-15(12)24/h1-4,7H,5-6,8-10H2,(H,25,26). The highest BCUT2D eigenvalue weighted by Crippen LogP contribution is 2.40. The van der Waals surface area contributed by atoms with Crippen LogP contribution in [0.15, 0.2) is 30.3 Å². The molecule has 2 aromatic heterocycles. The van der Waals surface area contributed by atoms with E-state index in [-0.39, 0.29) is 6.42 Å². The van der Waals surface area contributed by atoms with Gasteiger partial charge in [0.2, 0.25) is 0 Å². The topological polar surface area (TPSA) is 83.4 Å². The molecule has 0 fully saturated rings. The van der Waals surface area contributed by atoms with E-state index in [0.717, 1.165) is 51.7 Å². The molecule has 0 saturated heterocycles. The van der Waals surface area contributed by atoms with Gasteiger partial charge in [-0.3, -0.25) is 9.00 Å². The van der Waals surface area contributed by atoms with E-state index in [4.69, 9.17) is 21.7 Å². The Kier molecular flexibility index (Phi) is 4.64. The van der Waals surface area contributed by atoms with E-state index in [1.165, 1.54) is 11.3 Å². The molecule has 0 bridgehead atoms. The van der Waals surface area contributed by atoms with E-state index in [2.05, 4.69) is 9.88 Å². The molecule has 5 rings (SSSR count). The number of aromatic nitrogens is 2. The van der Waals surface area contributed by atoms with E-state index in [1.807, 2.05) is 30.3 Å². The highest BCUT2D eigenvalue weighted by Gasteiger charge is 2.31. The number of anilines is 2. The second-order valence-electron chi connectivity index (χ2n) is 7.06. The number of aliphatic carboxylic acids is 1. The summed E-state index contributed by atoms with van der Waals surface area (Å²) < 4.78 is 12.9. The summed E-state index contributed by atoms with van der Waals surface area (Å²) in [5.41, 5.74) is 4.70. The molecule has 0 aliphatic carbocycles. The number of halogens is 1. The number of carbonyl (C=O) groups is 1. The van der Waals surface area contributed by atoms with Crippen molar-refractivity contribution in [3.8, 4) is 10.7 Å². The van der Waals surface area contributed by atoms with Crippen LogP contribution in [0.1, 0.15) is 22.4 Å². The fraction of sp³-hybridized carbons (Fsp3) is 0.250. The lowest BCUT2D eigenvalue weighted by molar-refractivity contribution is -0.136. The van der Waals surface area contributed by atoms with Gasteiger partial charge < -0.3 is 10.0 Å². The first kappa shape index (κ1) is 18.7. The Morgan fingerprint density at radius 3 is 2.86 bits per heavy atom. The van der Waals surface area contributed by atoms with Crippen LogP contribution < -0.4 is 4.90 Å². The molecule has 3 aromatic rings. The Hall–Kier alpha value is -2.29. The van der Waals surface area contributed by atoms with Gasteiger partial charge in [0.25, 0.3) is 0 Å². The zero-order valence-electron chi connectivity index (χ0n) is 15.2. The van der Waals surface area contributed by atoms with E-state index in [9.17, 15) is 9.00 Å². The van der Waals surface area contributed by atoms with Crippen LogP contribution in [0.4, 0.5) is 11.5 Å². The fourth-order valence-corrected chi connectivity index (χ4v) is 6.12. The Morgan fingerprint density at radius 2 is 2.10 bits per heavy atom. The SMILES string of the molecule is O=C(O)Cc1ccc2c(c1)CCN2c1nc(-c2ccc(Cl)s2)nc2c1CS(=O)C2. The molecule has 4 heterocycles. The number of hydrogen-bond donors (Lipinski definition) is 1. The Labute approximate surface area is 178 Å². The molecule has 148 valence electrons. The zero-order chi connectivity index (χ0) is 20.1. The van der Waals surface area contributed by atoms with Gasteiger partial charge in [-0.15, -0.1) is 11.3 Å². The number of nitrogens with zero attached hydrogens (tertiary/aromatic N) is 3. The van der Waals surface area contributed by atoms with Crippen molar-refractivity contribution in [1.82, 2.24) is 9.97 Å². The van der Waals surface area contributed by atoms with Gasteiger partial charge in [-0.25, -0.2) is 9.97 Å². The first-order valence-electron chi connectivity index (χ1n) is 9.09. The van der Waals surface area contributed by atoms with Crippen molar-refractivity contribution >= 4 is 51.2 Å². The molecule has 1 unspecified atom stereocenters. The quantitative estimate of drug-likeness (QED) is 0.654. The van der Waals surface area contributed by atoms with Crippen molar-refractivity contribution in [3.05, 3.63) is 57.1 Å². The molecule has 2 aliphatic heterocycles. The second-order valence-corrected chi connectivity index (χ2v) is 10.2. The molecule has 1 aromatic carbocycles. The maximum absolute atomic E-state index is 12.3. The molecule has 0 radical (unpaired) electrons. The predicted octanol–water partition coefficient (Wildman–Crippen LogP) is 3.94. The van der Waals surface area contributed by atoms with Crippen molar-refractivity contribution in [3.63, 3.8) is 0 Å². The lowest BCUT2D eigenvalue weighted by Gasteiger charge is -2.21. The molecule has 0 spiro atoms. The Morgan fingerprint density at radius 1 is 1.24 bits per heavy atom. The van der Waals surface area contributed by atoms with E-state index in [1.54, 1.807) is 0 Å². The maximum Gasteiger partial charge on any atom is 0.307 e. The van der Waals surface area contributed by atoms with Gasteiger partial charge in [0.05, 0.1) is 32.8 Å². The van der Waals surface area contributed by atoms with Crippen molar-refractivity contribution < 1.29 is 14.1 Å². The third kappa shape index (κ3) is 3.45. The first-order chi connectivity index (χ1) is 14.0. The lowest BCUT2D eigenvalue weighted by atomic mass is 10.1. The van der Waals surface area contributed by atoms with Crippen molar-refractivity contribution in [2.45, 2.75) is 24.3 Å². The summed E-state index contributed by atoms with van der Waals surface area (Å²) in [6.45, 7) is 0.743. The summed E-state index contributed by atoms with van der Waals surface area (Å²) in [4.78, 5) is 23.6. The number of carboxylic acid groups (broad SMARTS) is 1. The minimum Gasteiger partial charge on any atom is -0.481 e. The fourth-order valence-electron chi connectivity index (χ4n) is 3.88. The molecule has 1 N–H and O–H groups in total. The molecule has 0 amide bonds. The molecule has 1 atom stereocenters. The molecule has 0 saturated carbocycles. The zero-order valence-corrected chi connectivity index (χ0v) is 17.6. The van der Waals surface area contributed by atoms with Crippen LogP contribution in [0.25, 0.3) is 10.7 Å². The minimum absolute atomic E-state index is 0.0124. The van der Waals surface area contributed by atoms with Crippen LogP contribution in [0.3, 0.4) is 0 Å². The Balaban J connectivity index is 1.59. The molecule has 6 nitrogen and oxygen atoms in total. The number of hydrogen-bond acceptors (Lipinski definition) is 6. The third-order valence-corrected chi connectivity index (χ3v) is 7.55. The number of rotatable bonds is 4. The number of benzene rings is 1. The van der Waals surface area contributed by atoms with Gasteiger partial charge in [-0.2, -0.15) is 0 Å². The highest BCUT2D eigenvalue weighted by molar-refractivity contribution is 7.83. The smallest absolute Gasteiger partial charge is 0.307 e. The van der Waals surface area contributed by atoms with Gasteiger partial charge >= 0.3 is 5.97 Å². The van der Waals surface area contributed by atoms with Crippen LogP contribution in [-0.4, -0.2) is 31.8 Å². The van der Waals surface area contributed by atoms with Crippen LogP contribution in [0, 0.1) is 0 Å². The monoisotopic (exact) mass is 445 g/mol. The van der Waals surface area contributed by atoms with Crippen molar-refractivity contribution in [1.29, 1.82) is 0 Å². The van der Waals surface area contributed by atoms with Gasteiger partial charge in [0.1, 0.15) is 5.82 Å². The lowest BCUT2D eigenvalue weighted by Crippen LogP contribution is -2.18. The molecule has 2 aliphatic rings. The maximum atomic E-state index is 12.3. The summed E-state index contributed by atoms with van der Waals surface area (Å²) >= 11 is 7.52. The number of carboxylic acids is 1. The highest BCUT2D eigenvalue weighted by atomic mass is 35.5. The molecular weight excluding hydrogens is 430 g/mol. The number of fused-ring (bicyclic) bond motifs is 2. The number of thiophene rings is 1. The van der Waals surface area contributed by atoms with E-state index < -0.39 is 16.8 Å². The van der Waals surface area contributed by atoms with Crippen molar-refractivity contribution in [2.24, 2.45) is 0 Å². The molecule has 9 heteroatoms. The Bertz CT molecular complexity index is 1180. The average Bonchev–Trinajstić information content (AvgIpc) is 3.37. The minimum atomic E-state index is -0.974. The van der Waals surface area contributed by atoms with E-state index >= 15 is 0 Å². The second kappa shape index (κ2) is 7.19. The van der Waals surface area contributed by atoms with Gasteiger partial charge in [0.15, 0.2) is 5.82 Å². The van der Waals surface area contributed by atoms with Crippen LogP contribution >= 0.6 is 22.9 Å². The van der Waals surface area contributed by atoms with E-state index in [0.29, 0.717) is 21.7 Å². The molecular formula is C20H16ClN3O3S2. The summed E-state index contributed by atoms with van der Waals surface area (Å²) in [7, 11) is -0.974. The molecule has 29 heavy (non-hydrogen) atoms. The van der Waals surface area contributed by atoms with Gasteiger partial charge in [0, 0.05) is 28.6 Å². The van der Waals surface area contributed by atoms with Gasteiger partial charge in [-0.1, -0.05) is 23.7 Å². The summed E-state index contributed by atoms with van der Waals surface area (Å²) in [5, 5.41) is 9.05. The van der Waals surface area contributed by atoms with Crippen LogP contribution in [-0.2, 0) is 39.9 Å². The first-order valence-corrected chi connectivity index (χ1v) is 11.8. The van der Waals surface area contributed by atoms with Crippen LogP contribution in [0.5, 0.6) is 0 Å². The van der Waals surface area contributed by atoms with Crippen molar-refractivity contribution in [2.75, 3.05) is 11.4 Å². The average molecular weight is 446 g/mol. The third-order valence-electron chi connectivity index (χ3n) is 5.12.